The van der Waals surface area contributed by atoms with E-state index in [1.807, 2.05) is 13.8 Å². The van der Waals surface area contributed by atoms with E-state index in [0.717, 1.165) is 5.75 Å². The van der Waals surface area contributed by atoms with Crippen LogP contribution in [0.2, 0.25) is 0 Å². The van der Waals surface area contributed by atoms with E-state index in [4.69, 9.17) is 10.5 Å². The van der Waals surface area contributed by atoms with Crippen LogP contribution in [0.5, 0.6) is 5.75 Å². The maximum absolute atomic E-state index is 12.5. The van der Waals surface area contributed by atoms with Crippen molar-refractivity contribution in [3.05, 3.63) is 29.8 Å². The second-order valence-corrected chi connectivity index (χ2v) is 6.40. The Kier molecular flexibility index (Phi) is 5.26. The number of rotatable bonds is 4. The average Bonchev–Trinajstić information content (AvgIpc) is 2.60. The second-order valence-electron chi connectivity index (χ2n) is 6.40. The van der Waals surface area contributed by atoms with Gasteiger partial charge in [0.15, 0.2) is 0 Å². The number of nitrogens with zero attached hydrogens (tertiary/aromatic N) is 2. The fraction of sp³-hybridized carbons (Fsp3) is 0.529. The number of ether oxygens (including phenoxy) is 1. The Morgan fingerprint density at radius 1 is 1.09 bits per heavy atom. The third kappa shape index (κ3) is 3.82. The number of nitrogens with two attached hydrogens (primary N) is 1. The number of carbonyl (C=O) groups excluding carboxylic acids is 2. The second kappa shape index (κ2) is 7.00. The van der Waals surface area contributed by atoms with Crippen LogP contribution in [0.15, 0.2) is 24.3 Å². The van der Waals surface area contributed by atoms with Crippen molar-refractivity contribution in [2.75, 3.05) is 39.8 Å². The standard InChI is InChI=1S/C17H25N3O3/c1-17(2,12-18)16(22)20-10-8-19(9-11-20)15(21)13-4-6-14(23-3)7-5-13/h4-7H,8-12,18H2,1-3H3. The number of amides is 2. The molecule has 2 amide bonds. The Morgan fingerprint density at radius 3 is 2.09 bits per heavy atom. The van der Waals surface area contributed by atoms with Gasteiger partial charge in [0.1, 0.15) is 5.75 Å². The van der Waals surface area contributed by atoms with E-state index in [1.54, 1.807) is 41.2 Å². The fourth-order valence-electron chi connectivity index (χ4n) is 2.54. The summed E-state index contributed by atoms with van der Waals surface area (Å²) in [6, 6.07) is 7.07. The lowest BCUT2D eigenvalue weighted by molar-refractivity contribution is -0.141. The zero-order valence-electron chi connectivity index (χ0n) is 14.0. The molecule has 126 valence electrons. The van der Waals surface area contributed by atoms with Crippen molar-refractivity contribution in [2.24, 2.45) is 11.1 Å². The highest BCUT2D eigenvalue weighted by molar-refractivity contribution is 5.94. The number of hydrogen-bond donors (Lipinski definition) is 1. The lowest BCUT2D eigenvalue weighted by Gasteiger charge is -2.38. The zero-order chi connectivity index (χ0) is 17.0. The summed E-state index contributed by atoms with van der Waals surface area (Å²) in [7, 11) is 1.59. The molecule has 0 aliphatic carbocycles. The van der Waals surface area contributed by atoms with Crippen LogP contribution in [0.1, 0.15) is 24.2 Å². The monoisotopic (exact) mass is 319 g/mol. The molecule has 6 nitrogen and oxygen atoms in total. The van der Waals surface area contributed by atoms with Crippen molar-refractivity contribution in [2.45, 2.75) is 13.8 Å². The molecule has 2 N–H and O–H groups in total. The topological polar surface area (TPSA) is 75.9 Å². The number of benzene rings is 1. The van der Waals surface area contributed by atoms with Crippen LogP contribution in [-0.4, -0.2) is 61.4 Å². The first-order chi connectivity index (χ1) is 10.9. The van der Waals surface area contributed by atoms with E-state index in [9.17, 15) is 9.59 Å². The van der Waals surface area contributed by atoms with Crippen molar-refractivity contribution in [3.63, 3.8) is 0 Å². The van der Waals surface area contributed by atoms with E-state index in [2.05, 4.69) is 0 Å². The third-order valence-electron chi connectivity index (χ3n) is 4.28. The van der Waals surface area contributed by atoms with Gasteiger partial charge in [-0.25, -0.2) is 0 Å². The predicted molar refractivity (Wildman–Crippen MR) is 88.3 cm³/mol. The Morgan fingerprint density at radius 2 is 1.61 bits per heavy atom. The first-order valence-corrected chi connectivity index (χ1v) is 7.82. The van der Waals surface area contributed by atoms with E-state index in [0.29, 0.717) is 38.3 Å². The molecule has 0 spiro atoms. The molecule has 6 heteroatoms. The van der Waals surface area contributed by atoms with Gasteiger partial charge in [-0.1, -0.05) is 0 Å². The number of methoxy groups -OCH3 is 1. The Balaban J connectivity index is 1.95. The minimum absolute atomic E-state index is 0.0159. The summed E-state index contributed by atoms with van der Waals surface area (Å²) in [4.78, 5) is 28.5. The van der Waals surface area contributed by atoms with Crippen LogP contribution in [-0.2, 0) is 4.79 Å². The molecular formula is C17H25N3O3. The Bertz CT molecular complexity index is 561. The van der Waals surface area contributed by atoms with Crippen LogP contribution in [0.4, 0.5) is 0 Å². The van der Waals surface area contributed by atoms with Gasteiger partial charge < -0.3 is 20.3 Å². The summed E-state index contributed by atoms with van der Waals surface area (Å²) in [6.07, 6.45) is 0. The maximum atomic E-state index is 12.5. The van der Waals surface area contributed by atoms with Gasteiger partial charge in [0, 0.05) is 38.3 Å². The highest BCUT2D eigenvalue weighted by Crippen LogP contribution is 2.19. The zero-order valence-corrected chi connectivity index (χ0v) is 14.0. The smallest absolute Gasteiger partial charge is 0.253 e. The molecule has 0 saturated carbocycles. The van der Waals surface area contributed by atoms with Crippen LogP contribution in [0.25, 0.3) is 0 Å². The predicted octanol–water partition coefficient (Wildman–Crippen LogP) is 0.965. The number of piperazine rings is 1. The van der Waals surface area contributed by atoms with E-state index in [1.165, 1.54) is 0 Å². The Hall–Kier alpha value is -2.08. The van der Waals surface area contributed by atoms with Gasteiger partial charge >= 0.3 is 0 Å². The summed E-state index contributed by atoms with van der Waals surface area (Å²) >= 11 is 0. The summed E-state index contributed by atoms with van der Waals surface area (Å²) in [5, 5.41) is 0. The van der Waals surface area contributed by atoms with Crippen molar-refractivity contribution in [1.29, 1.82) is 0 Å². The van der Waals surface area contributed by atoms with Gasteiger partial charge in [-0.15, -0.1) is 0 Å². The minimum Gasteiger partial charge on any atom is -0.497 e. The SMILES string of the molecule is COc1ccc(C(=O)N2CCN(C(=O)C(C)(C)CN)CC2)cc1. The molecule has 1 saturated heterocycles. The number of carbonyl (C=O) groups is 2. The van der Waals surface area contributed by atoms with E-state index >= 15 is 0 Å². The summed E-state index contributed by atoms with van der Waals surface area (Å²) in [5.74, 6) is 0.760. The molecule has 1 heterocycles. The molecule has 0 unspecified atom stereocenters. The molecule has 1 aromatic rings. The highest BCUT2D eigenvalue weighted by Gasteiger charge is 2.33. The third-order valence-corrected chi connectivity index (χ3v) is 4.28. The Labute approximate surface area is 137 Å². The van der Waals surface area contributed by atoms with Gasteiger partial charge in [0.05, 0.1) is 12.5 Å². The quantitative estimate of drug-likeness (QED) is 0.897. The van der Waals surface area contributed by atoms with Gasteiger partial charge in [-0.05, 0) is 38.1 Å². The summed E-state index contributed by atoms with van der Waals surface area (Å²) in [5.41, 5.74) is 5.75. The fourth-order valence-corrected chi connectivity index (χ4v) is 2.54. The van der Waals surface area contributed by atoms with Crippen LogP contribution < -0.4 is 10.5 Å². The maximum Gasteiger partial charge on any atom is 0.253 e. The summed E-state index contributed by atoms with van der Waals surface area (Å²) in [6.45, 7) is 6.19. The van der Waals surface area contributed by atoms with Crippen LogP contribution in [0.3, 0.4) is 0 Å². The molecule has 2 rings (SSSR count). The highest BCUT2D eigenvalue weighted by atomic mass is 16.5. The summed E-state index contributed by atoms with van der Waals surface area (Å²) < 4.78 is 5.10. The average molecular weight is 319 g/mol. The van der Waals surface area contributed by atoms with Gasteiger partial charge in [0.2, 0.25) is 5.91 Å². The van der Waals surface area contributed by atoms with Crippen molar-refractivity contribution in [3.8, 4) is 5.75 Å². The molecule has 1 aliphatic rings. The van der Waals surface area contributed by atoms with E-state index in [-0.39, 0.29) is 11.8 Å². The normalized spacial score (nSPS) is 15.5. The molecule has 1 fully saturated rings. The first-order valence-electron chi connectivity index (χ1n) is 7.82. The van der Waals surface area contributed by atoms with Crippen molar-refractivity contribution in [1.82, 2.24) is 9.80 Å². The largest absolute Gasteiger partial charge is 0.497 e. The van der Waals surface area contributed by atoms with Gasteiger partial charge in [-0.2, -0.15) is 0 Å². The van der Waals surface area contributed by atoms with Crippen molar-refractivity contribution < 1.29 is 14.3 Å². The molecule has 0 atom stereocenters. The molecule has 0 radical (unpaired) electrons. The van der Waals surface area contributed by atoms with Crippen LogP contribution >= 0.6 is 0 Å². The molecule has 0 bridgehead atoms. The lowest BCUT2D eigenvalue weighted by atomic mass is 9.91. The lowest BCUT2D eigenvalue weighted by Crippen LogP contribution is -2.54. The molecule has 1 aromatic carbocycles. The molecular weight excluding hydrogens is 294 g/mol. The first kappa shape index (κ1) is 17.3. The number of hydrogen-bond acceptors (Lipinski definition) is 4. The molecule has 1 aliphatic heterocycles. The minimum atomic E-state index is -0.553. The molecule has 0 aromatic heterocycles. The van der Waals surface area contributed by atoms with Crippen LogP contribution in [0, 0.1) is 5.41 Å². The van der Waals surface area contributed by atoms with E-state index < -0.39 is 5.41 Å². The van der Waals surface area contributed by atoms with Gasteiger partial charge in [-0.3, -0.25) is 9.59 Å². The van der Waals surface area contributed by atoms with Gasteiger partial charge in [0.25, 0.3) is 5.91 Å². The molecule has 23 heavy (non-hydrogen) atoms. The van der Waals surface area contributed by atoms with Crippen molar-refractivity contribution >= 4 is 11.8 Å².